The van der Waals surface area contributed by atoms with Crippen LogP contribution in [0.2, 0.25) is 0 Å². The zero-order valence-corrected chi connectivity index (χ0v) is 10.3. The molecule has 17 heavy (non-hydrogen) atoms. The number of hydrogen-bond acceptors (Lipinski definition) is 4. The van der Waals surface area contributed by atoms with Gasteiger partial charge in [0.25, 0.3) is 0 Å². The van der Waals surface area contributed by atoms with Crippen molar-refractivity contribution in [3.8, 4) is 0 Å². The molecule has 1 aliphatic rings. The molecule has 1 atom stereocenters. The maximum Gasteiger partial charge on any atom is 0.225 e. The molecular formula is C12H18N4O. The van der Waals surface area contributed by atoms with E-state index in [1.54, 1.807) is 6.20 Å². The molecule has 92 valence electrons. The van der Waals surface area contributed by atoms with Crippen LogP contribution in [0.15, 0.2) is 12.3 Å². The summed E-state index contributed by atoms with van der Waals surface area (Å²) >= 11 is 0. The molecule has 0 aliphatic carbocycles. The molecule has 5 heteroatoms. The topological polar surface area (TPSA) is 72.1 Å². The lowest BCUT2D eigenvalue weighted by Gasteiger charge is -2.26. The maximum absolute atomic E-state index is 12.1. The summed E-state index contributed by atoms with van der Waals surface area (Å²) in [7, 11) is 0. The third-order valence-electron chi connectivity index (χ3n) is 3.07. The van der Waals surface area contributed by atoms with Gasteiger partial charge in [-0.25, -0.2) is 9.97 Å². The second kappa shape index (κ2) is 4.69. The molecule has 1 amide bonds. The monoisotopic (exact) mass is 234 g/mol. The van der Waals surface area contributed by atoms with Gasteiger partial charge in [0, 0.05) is 18.7 Å². The Hall–Kier alpha value is -1.65. The van der Waals surface area contributed by atoms with E-state index in [4.69, 9.17) is 5.73 Å². The van der Waals surface area contributed by atoms with Crippen molar-refractivity contribution in [2.75, 3.05) is 12.3 Å². The molecule has 0 radical (unpaired) electrons. The highest BCUT2D eigenvalue weighted by Crippen LogP contribution is 2.31. The van der Waals surface area contributed by atoms with E-state index in [1.807, 2.05) is 24.8 Å². The summed E-state index contributed by atoms with van der Waals surface area (Å²) in [5.74, 6) is 0.478. The molecule has 1 aromatic rings. The van der Waals surface area contributed by atoms with Gasteiger partial charge in [0.15, 0.2) is 0 Å². The van der Waals surface area contributed by atoms with E-state index in [9.17, 15) is 4.79 Å². The molecule has 0 aromatic carbocycles. The van der Waals surface area contributed by atoms with Gasteiger partial charge in [-0.1, -0.05) is 13.8 Å². The van der Waals surface area contributed by atoms with Crippen molar-refractivity contribution >= 4 is 11.9 Å². The summed E-state index contributed by atoms with van der Waals surface area (Å²) in [6.45, 7) is 4.66. The minimum absolute atomic E-state index is 0.0229. The zero-order chi connectivity index (χ0) is 12.4. The lowest BCUT2D eigenvalue weighted by atomic mass is 10.1. The molecule has 2 N–H and O–H groups in total. The number of rotatable bonds is 2. The fourth-order valence-corrected chi connectivity index (χ4v) is 2.24. The summed E-state index contributed by atoms with van der Waals surface area (Å²) < 4.78 is 0. The molecule has 0 unspecified atom stereocenters. The minimum Gasteiger partial charge on any atom is -0.368 e. The van der Waals surface area contributed by atoms with E-state index in [0.29, 0.717) is 0 Å². The molecular weight excluding hydrogens is 216 g/mol. The Labute approximate surface area is 101 Å². The highest BCUT2D eigenvalue weighted by molar-refractivity contribution is 5.78. The van der Waals surface area contributed by atoms with Gasteiger partial charge in [0.2, 0.25) is 11.9 Å². The van der Waals surface area contributed by atoms with Gasteiger partial charge >= 0.3 is 0 Å². The van der Waals surface area contributed by atoms with E-state index < -0.39 is 0 Å². The highest BCUT2D eigenvalue weighted by Gasteiger charge is 2.31. The number of hydrogen-bond donors (Lipinski definition) is 1. The van der Waals surface area contributed by atoms with Crippen molar-refractivity contribution in [2.24, 2.45) is 5.92 Å². The van der Waals surface area contributed by atoms with E-state index in [1.165, 1.54) is 0 Å². The van der Waals surface area contributed by atoms with Crippen molar-refractivity contribution in [2.45, 2.75) is 32.7 Å². The van der Waals surface area contributed by atoms with Crippen LogP contribution in [0.3, 0.4) is 0 Å². The summed E-state index contributed by atoms with van der Waals surface area (Å²) in [4.78, 5) is 22.1. The predicted molar refractivity (Wildman–Crippen MR) is 65.0 cm³/mol. The van der Waals surface area contributed by atoms with E-state index >= 15 is 0 Å². The summed E-state index contributed by atoms with van der Waals surface area (Å²) in [6, 6.07) is 1.91. The van der Waals surface area contributed by atoms with E-state index in [0.717, 1.165) is 25.1 Å². The maximum atomic E-state index is 12.1. The number of amides is 1. The fourth-order valence-electron chi connectivity index (χ4n) is 2.24. The van der Waals surface area contributed by atoms with Crippen LogP contribution in [0.4, 0.5) is 5.95 Å². The predicted octanol–water partition coefficient (Wildman–Crippen LogP) is 1.38. The van der Waals surface area contributed by atoms with Crippen LogP contribution in [0, 0.1) is 5.92 Å². The zero-order valence-electron chi connectivity index (χ0n) is 10.3. The minimum atomic E-state index is 0.0229. The molecule has 1 saturated heterocycles. The largest absolute Gasteiger partial charge is 0.368 e. The van der Waals surface area contributed by atoms with Gasteiger partial charge in [-0.2, -0.15) is 0 Å². The van der Waals surface area contributed by atoms with Crippen molar-refractivity contribution in [3.05, 3.63) is 18.0 Å². The molecule has 0 spiro atoms. The number of nitrogen functional groups attached to an aromatic ring is 1. The Kier molecular flexibility index (Phi) is 3.26. The quantitative estimate of drug-likeness (QED) is 0.839. The number of carbonyl (C=O) groups is 1. The molecule has 0 bridgehead atoms. The van der Waals surface area contributed by atoms with Crippen molar-refractivity contribution in [1.82, 2.24) is 14.9 Å². The van der Waals surface area contributed by atoms with Crippen LogP contribution in [0.5, 0.6) is 0 Å². The van der Waals surface area contributed by atoms with Gasteiger partial charge in [-0.15, -0.1) is 0 Å². The van der Waals surface area contributed by atoms with E-state index in [-0.39, 0.29) is 23.8 Å². The van der Waals surface area contributed by atoms with Crippen LogP contribution < -0.4 is 5.73 Å². The Morgan fingerprint density at radius 1 is 1.59 bits per heavy atom. The first-order valence-electron chi connectivity index (χ1n) is 5.98. The van der Waals surface area contributed by atoms with Crippen LogP contribution >= 0.6 is 0 Å². The molecule has 5 nitrogen and oxygen atoms in total. The lowest BCUT2D eigenvalue weighted by Crippen LogP contribution is -2.34. The SMILES string of the molecule is CC(C)C(=O)N1CCC[C@@H]1c1ccnc(N)n1. The number of nitrogens with zero attached hydrogens (tertiary/aromatic N) is 3. The average molecular weight is 234 g/mol. The standard InChI is InChI=1S/C12H18N4O/c1-8(2)11(17)16-7-3-4-10(16)9-5-6-14-12(13)15-9/h5-6,8,10H,3-4,7H2,1-2H3,(H2,13,14,15)/t10-/m1/s1. The number of aromatic nitrogens is 2. The number of anilines is 1. The average Bonchev–Trinajstić information content (AvgIpc) is 2.76. The van der Waals surface area contributed by atoms with Gasteiger partial charge < -0.3 is 10.6 Å². The summed E-state index contributed by atoms with van der Waals surface area (Å²) in [5, 5.41) is 0. The molecule has 1 aliphatic heterocycles. The molecule has 2 rings (SSSR count). The second-order valence-corrected chi connectivity index (χ2v) is 4.68. The lowest BCUT2D eigenvalue weighted by molar-refractivity contribution is -0.135. The second-order valence-electron chi connectivity index (χ2n) is 4.68. The summed E-state index contributed by atoms with van der Waals surface area (Å²) in [6.07, 6.45) is 3.62. The summed E-state index contributed by atoms with van der Waals surface area (Å²) in [5.41, 5.74) is 6.43. The van der Waals surface area contributed by atoms with Crippen LogP contribution in [-0.4, -0.2) is 27.3 Å². The van der Waals surface area contributed by atoms with Crippen molar-refractivity contribution < 1.29 is 4.79 Å². The first-order valence-corrected chi connectivity index (χ1v) is 5.98. The van der Waals surface area contributed by atoms with Crippen LogP contribution in [0.1, 0.15) is 38.4 Å². The number of nitrogens with two attached hydrogens (primary N) is 1. The van der Waals surface area contributed by atoms with E-state index in [2.05, 4.69) is 9.97 Å². The van der Waals surface area contributed by atoms with Crippen molar-refractivity contribution in [3.63, 3.8) is 0 Å². The fraction of sp³-hybridized carbons (Fsp3) is 0.583. The van der Waals surface area contributed by atoms with Gasteiger partial charge in [-0.3, -0.25) is 4.79 Å². The van der Waals surface area contributed by atoms with Gasteiger partial charge in [0.05, 0.1) is 11.7 Å². The van der Waals surface area contributed by atoms with Crippen molar-refractivity contribution in [1.29, 1.82) is 0 Å². The Bertz CT molecular complexity index is 419. The highest BCUT2D eigenvalue weighted by atomic mass is 16.2. The molecule has 1 aromatic heterocycles. The third kappa shape index (κ3) is 2.38. The number of likely N-dealkylation sites (tertiary alicyclic amines) is 1. The van der Waals surface area contributed by atoms with Crippen LogP contribution in [0.25, 0.3) is 0 Å². The van der Waals surface area contributed by atoms with Crippen LogP contribution in [-0.2, 0) is 4.79 Å². The third-order valence-corrected chi connectivity index (χ3v) is 3.07. The molecule has 0 saturated carbocycles. The molecule has 2 heterocycles. The van der Waals surface area contributed by atoms with Gasteiger partial charge in [-0.05, 0) is 18.9 Å². The molecule has 1 fully saturated rings. The normalized spacial score (nSPS) is 19.9. The Morgan fingerprint density at radius 3 is 3.00 bits per heavy atom. The Balaban J connectivity index is 2.23. The smallest absolute Gasteiger partial charge is 0.225 e. The van der Waals surface area contributed by atoms with Gasteiger partial charge in [0.1, 0.15) is 0 Å². The first kappa shape index (κ1) is 11.8. The Morgan fingerprint density at radius 2 is 2.35 bits per heavy atom. The number of carbonyl (C=O) groups excluding carboxylic acids is 1. The first-order chi connectivity index (χ1) is 8.09.